The molecule has 0 unspecified atom stereocenters. The van der Waals surface area contributed by atoms with Crippen molar-refractivity contribution in [3.05, 3.63) is 65.2 Å². The van der Waals surface area contributed by atoms with Gasteiger partial charge in [-0.2, -0.15) is 0 Å². The number of fused-ring (bicyclic) bond motifs is 1. The van der Waals surface area contributed by atoms with Crippen molar-refractivity contribution in [2.45, 2.75) is 24.9 Å². The number of carbonyl (C=O) groups excluding carboxylic acids is 3. The minimum Gasteiger partial charge on any atom is -0.467 e. The Bertz CT molecular complexity index is 969. The third-order valence-electron chi connectivity index (χ3n) is 5.61. The Morgan fingerprint density at radius 1 is 1.00 bits per heavy atom. The van der Waals surface area contributed by atoms with E-state index in [-0.39, 0.29) is 0 Å². The third-order valence-corrected chi connectivity index (χ3v) is 5.61. The summed E-state index contributed by atoms with van der Waals surface area (Å²) in [5, 5.41) is 0. The number of hydrogen-bond acceptors (Lipinski definition) is 4. The average molecular weight is 367 g/mol. The summed E-state index contributed by atoms with van der Waals surface area (Å²) in [6.07, 6.45) is 0. The van der Waals surface area contributed by atoms with Gasteiger partial charge >= 0.3 is 5.97 Å². The van der Waals surface area contributed by atoms with Gasteiger partial charge in [0.2, 0.25) is 17.5 Å². The Balaban J connectivity index is 1.87. The standard InChI is InChI=1S/C21H18FNO4/c1-12-4-8-14(9-5-12)20-16(21(20,22)19(26)27-3)17(24)23(18(20)25)15-10-6-13(2)7-11-15/h4-11,16H,1-3H3/t16-,20-,21+/m0/s1. The minimum absolute atomic E-state index is 0.305. The number of rotatable bonds is 3. The maximum absolute atomic E-state index is 15.8. The lowest BCUT2D eigenvalue weighted by Gasteiger charge is -2.24. The van der Waals surface area contributed by atoms with Crippen LogP contribution in [0.1, 0.15) is 16.7 Å². The molecule has 6 heteroatoms. The zero-order chi connectivity index (χ0) is 19.6. The van der Waals surface area contributed by atoms with Crippen LogP contribution in [-0.4, -0.2) is 30.6 Å². The molecular formula is C21H18FNO4. The summed E-state index contributed by atoms with van der Waals surface area (Å²) in [6, 6.07) is 13.4. The second-order valence-electron chi connectivity index (χ2n) is 7.12. The normalized spacial score (nSPS) is 28.9. The molecule has 4 rings (SSSR count). The van der Waals surface area contributed by atoms with Gasteiger partial charge < -0.3 is 4.74 Å². The van der Waals surface area contributed by atoms with Crippen LogP contribution in [0.5, 0.6) is 0 Å². The van der Waals surface area contributed by atoms with Crippen LogP contribution in [0.2, 0.25) is 0 Å². The monoisotopic (exact) mass is 367 g/mol. The van der Waals surface area contributed by atoms with E-state index in [1.54, 1.807) is 48.5 Å². The topological polar surface area (TPSA) is 63.7 Å². The Morgan fingerprint density at radius 2 is 1.52 bits per heavy atom. The number of aryl methyl sites for hydroxylation is 2. The SMILES string of the molecule is COC(=O)[C@]1(F)[C@H]2C(=O)N(c3ccc(C)cc3)C(=O)[C@]21c1ccc(C)cc1. The molecule has 2 aromatic rings. The fourth-order valence-corrected chi connectivity index (χ4v) is 4.16. The highest BCUT2D eigenvalue weighted by atomic mass is 19.1. The number of methoxy groups -OCH3 is 1. The van der Waals surface area contributed by atoms with Crippen LogP contribution in [0.3, 0.4) is 0 Å². The number of anilines is 1. The van der Waals surface area contributed by atoms with Gasteiger partial charge in [-0.15, -0.1) is 0 Å². The van der Waals surface area contributed by atoms with E-state index in [9.17, 15) is 14.4 Å². The van der Waals surface area contributed by atoms with Crippen LogP contribution in [0.25, 0.3) is 0 Å². The van der Waals surface area contributed by atoms with Crippen molar-refractivity contribution in [1.82, 2.24) is 0 Å². The van der Waals surface area contributed by atoms with Crippen LogP contribution in [0.4, 0.5) is 10.1 Å². The van der Waals surface area contributed by atoms with E-state index in [2.05, 4.69) is 4.74 Å². The van der Waals surface area contributed by atoms with Crippen molar-refractivity contribution in [2.24, 2.45) is 5.92 Å². The molecule has 138 valence electrons. The molecule has 2 aliphatic rings. The van der Waals surface area contributed by atoms with Crippen LogP contribution < -0.4 is 4.90 Å². The van der Waals surface area contributed by atoms with Gasteiger partial charge in [0, 0.05) is 0 Å². The summed E-state index contributed by atoms with van der Waals surface area (Å²) in [6.45, 7) is 3.74. The van der Waals surface area contributed by atoms with Gasteiger partial charge in [-0.3, -0.25) is 9.59 Å². The summed E-state index contributed by atoms with van der Waals surface area (Å²) < 4.78 is 20.4. The van der Waals surface area contributed by atoms with Gasteiger partial charge in [0.1, 0.15) is 11.3 Å². The first kappa shape index (κ1) is 17.4. The lowest BCUT2D eigenvalue weighted by atomic mass is 9.90. The summed E-state index contributed by atoms with van der Waals surface area (Å²) >= 11 is 0. The lowest BCUT2D eigenvalue weighted by Crippen LogP contribution is -2.46. The highest BCUT2D eigenvalue weighted by molar-refractivity contribution is 6.34. The Morgan fingerprint density at radius 3 is 2.04 bits per heavy atom. The molecule has 0 spiro atoms. The molecule has 2 fully saturated rings. The minimum atomic E-state index is -2.69. The Hall–Kier alpha value is -3.02. The van der Waals surface area contributed by atoms with Crippen LogP contribution >= 0.6 is 0 Å². The van der Waals surface area contributed by atoms with E-state index in [1.807, 2.05) is 13.8 Å². The Kier molecular flexibility index (Phi) is 3.54. The molecule has 2 aromatic carbocycles. The number of nitrogens with zero attached hydrogens (tertiary/aromatic N) is 1. The third kappa shape index (κ3) is 1.95. The first-order chi connectivity index (χ1) is 12.8. The van der Waals surface area contributed by atoms with E-state index in [4.69, 9.17) is 0 Å². The van der Waals surface area contributed by atoms with Crippen molar-refractivity contribution in [3.8, 4) is 0 Å². The van der Waals surface area contributed by atoms with Gasteiger partial charge in [0.25, 0.3) is 0 Å². The van der Waals surface area contributed by atoms with E-state index < -0.39 is 34.8 Å². The molecule has 3 atom stereocenters. The number of ether oxygens (including phenoxy) is 1. The summed E-state index contributed by atoms with van der Waals surface area (Å²) in [4.78, 5) is 39.5. The van der Waals surface area contributed by atoms with Crippen LogP contribution in [0.15, 0.2) is 48.5 Å². The molecule has 1 heterocycles. The van der Waals surface area contributed by atoms with Crippen molar-refractivity contribution >= 4 is 23.5 Å². The predicted molar refractivity (Wildman–Crippen MR) is 95.9 cm³/mol. The highest BCUT2D eigenvalue weighted by Crippen LogP contribution is 2.71. The number of carbonyl (C=O) groups is 3. The molecule has 27 heavy (non-hydrogen) atoms. The Labute approximate surface area is 155 Å². The van der Waals surface area contributed by atoms with Crippen LogP contribution in [0, 0.1) is 19.8 Å². The maximum Gasteiger partial charge on any atom is 0.346 e. The molecule has 1 aliphatic carbocycles. The first-order valence-corrected chi connectivity index (χ1v) is 8.59. The van der Waals surface area contributed by atoms with Gasteiger partial charge in [-0.05, 0) is 31.5 Å². The van der Waals surface area contributed by atoms with E-state index in [0.29, 0.717) is 11.3 Å². The second-order valence-corrected chi connectivity index (χ2v) is 7.12. The molecule has 1 saturated carbocycles. The van der Waals surface area contributed by atoms with Crippen molar-refractivity contribution < 1.29 is 23.5 Å². The van der Waals surface area contributed by atoms with Gasteiger partial charge in [-0.25, -0.2) is 14.1 Å². The van der Waals surface area contributed by atoms with E-state index >= 15 is 4.39 Å². The van der Waals surface area contributed by atoms with Gasteiger partial charge in [0.05, 0.1) is 12.8 Å². The first-order valence-electron chi connectivity index (χ1n) is 8.59. The van der Waals surface area contributed by atoms with Gasteiger partial charge in [-0.1, -0.05) is 47.5 Å². The summed E-state index contributed by atoms with van der Waals surface area (Å²) in [5.41, 5.74) is -2.02. The number of piperidine rings is 1. The smallest absolute Gasteiger partial charge is 0.346 e. The molecular weight excluding hydrogens is 349 g/mol. The maximum atomic E-state index is 15.8. The number of halogens is 1. The van der Waals surface area contributed by atoms with E-state index in [0.717, 1.165) is 23.1 Å². The quantitative estimate of drug-likeness (QED) is 0.618. The highest BCUT2D eigenvalue weighted by Gasteiger charge is 2.94. The van der Waals surface area contributed by atoms with Gasteiger partial charge in [0.15, 0.2) is 0 Å². The molecule has 1 aliphatic heterocycles. The predicted octanol–water partition coefficient (Wildman–Crippen LogP) is 2.63. The number of alkyl halides is 1. The number of esters is 1. The summed E-state index contributed by atoms with van der Waals surface area (Å²) in [7, 11) is 1.05. The molecule has 1 saturated heterocycles. The van der Waals surface area contributed by atoms with Crippen LogP contribution in [-0.2, 0) is 24.5 Å². The number of benzene rings is 2. The number of hydrogen-bond donors (Lipinski definition) is 0. The largest absolute Gasteiger partial charge is 0.467 e. The van der Waals surface area contributed by atoms with Crippen molar-refractivity contribution in [1.29, 1.82) is 0 Å². The summed E-state index contributed by atoms with van der Waals surface area (Å²) in [5.74, 6) is -4.08. The molecule has 0 N–H and O–H groups in total. The molecule has 0 aromatic heterocycles. The zero-order valence-corrected chi connectivity index (χ0v) is 15.2. The van der Waals surface area contributed by atoms with E-state index in [1.165, 1.54) is 0 Å². The molecule has 5 nitrogen and oxygen atoms in total. The zero-order valence-electron chi connectivity index (χ0n) is 15.2. The fraction of sp³-hybridized carbons (Fsp3) is 0.286. The lowest BCUT2D eigenvalue weighted by molar-refractivity contribution is -0.152. The van der Waals surface area contributed by atoms with Crippen molar-refractivity contribution in [2.75, 3.05) is 12.0 Å². The second kappa shape index (κ2) is 5.49. The molecule has 2 amide bonds. The molecule has 0 bridgehead atoms. The van der Waals surface area contributed by atoms with Crippen molar-refractivity contribution in [3.63, 3.8) is 0 Å². The average Bonchev–Trinajstić information content (AvgIpc) is 3.15. The number of amides is 2. The molecule has 0 radical (unpaired) electrons. The number of imide groups is 1. The fourth-order valence-electron chi connectivity index (χ4n) is 4.16.